The van der Waals surface area contributed by atoms with E-state index in [1.165, 1.54) is 0 Å². The molecule has 0 amide bonds. The molecule has 4 heteroatoms. The number of fused-ring (bicyclic) bond motifs is 1. The summed E-state index contributed by atoms with van der Waals surface area (Å²) in [6.45, 7) is 6.11. The normalized spacial score (nSPS) is 36.0. The molecule has 88 valence electrons. The Morgan fingerprint density at radius 2 is 2.20 bits per heavy atom. The first-order valence-electron chi connectivity index (χ1n) is 5.68. The zero-order chi connectivity index (χ0) is 11.1. The molecule has 2 nitrogen and oxygen atoms in total. The number of alkyl halides is 2. The highest BCUT2D eigenvalue weighted by molar-refractivity contribution is 5.07. The van der Waals surface area contributed by atoms with Gasteiger partial charge >= 0.3 is 0 Å². The molecule has 2 atom stereocenters. The van der Waals surface area contributed by atoms with Crippen LogP contribution in [-0.4, -0.2) is 42.7 Å². The van der Waals surface area contributed by atoms with Gasteiger partial charge in [-0.05, 0) is 26.7 Å². The first-order chi connectivity index (χ1) is 7.03. The highest BCUT2D eigenvalue weighted by Gasteiger charge is 2.53. The SMILES string of the molecule is CC(C)OC[C@@]12CCN1C[C@@H](C(F)F)C2. The molecule has 0 aromatic heterocycles. The minimum absolute atomic E-state index is 0.0502. The lowest BCUT2D eigenvalue weighted by Crippen LogP contribution is -2.58. The maximum absolute atomic E-state index is 12.6. The summed E-state index contributed by atoms with van der Waals surface area (Å²) >= 11 is 0. The van der Waals surface area contributed by atoms with Crippen LogP contribution in [0.5, 0.6) is 0 Å². The van der Waals surface area contributed by atoms with Gasteiger partial charge < -0.3 is 4.74 Å². The summed E-state index contributed by atoms with van der Waals surface area (Å²) in [6, 6.07) is 0. The van der Waals surface area contributed by atoms with E-state index in [0.717, 1.165) is 13.0 Å². The molecule has 0 aromatic rings. The molecule has 2 saturated heterocycles. The summed E-state index contributed by atoms with van der Waals surface area (Å²) < 4.78 is 30.8. The van der Waals surface area contributed by atoms with Gasteiger partial charge in [0.15, 0.2) is 0 Å². The van der Waals surface area contributed by atoms with Crippen LogP contribution in [0.3, 0.4) is 0 Å². The zero-order valence-corrected chi connectivity index (χ0v) is 9.38. The van der Waals surface area contributed by atoms with E-state index in [4.69, 9.17) is 4.74 Å². The molecular weight excluding hydrogens is 200 g/mol. The number of ether oxygens (including phenoxy) is 1. The van der Waals surface area contributed by atoms with Crippen LogP contribution in [0.1, 0.15) is 26.7 Å². The van der Waals surface area contributed by atoms with Crippen LogP contribution < -0.4 is 0 Å². The molecule has 0 N–H and O–H groups in total. The Balaban J connectivity index is 1.92. The van der Waals surface area contributed by atoms with E-state index in [9.17, 15) is 8.78 Å². The minimum Gasteiger partial charge on any atom is -0.377 e. The van der Waals surface area contributed by atoms with Crippen LogP contribution in [0.15, 0.2) is 0 Å². The first-order valence-corrected chi connectivity index (χ1v) is 5.68. The predicted molar refractivity (Wildman–Crippen MR) is 54.1 cm³/mol. The summed E-state index contributed by atoms with van der Waals surface area (Å²) in [7, 11) is 0. The van der Waals surface area contributed by atoms with Crippen molar-refractivity contribution in [2.45, 2.75) is 44.8 Å². The fraction of sp³-hybridized carbons (Fsp3) is 1.00. The van der Waals surface area contributed by atoms with Crippen molar-refractivity contribution in [3.05, 3.63) is 0 Å². The number of halogens is 2. The second-order valence-electron chi connectivity index (χ2n) is 5.08. The maximum atomic E-state index is 12.6. The topological polar surface area (TPSA) is 12.5 Å². The Hall–Kier alpha value is -0.220. The van der Waals surface area contributed by atoms with Gasteiger partial charge in [0.25, 0.3) is 0 Å². The van der Waals surface area contributed by atoms with Crippen molar-refractivity contribution in [2.24, 2.45) is 5.92 Å². The van der Waals surface area contributed by atoms with Gasteiger partial charge in [-0.2, -0.15) is 0 Å². The standard InChI is InChI=1S/C11H19F2NO/c1-8(2)15-7-11-3-4-14(11)6-9(5-11)10(12)13/h8-10H,3-7H2,1-2H3/t9-,11-/m0/s1. The zero-order valence-electron chi connectivity index (χ0n) is 9.38. The summed E-state index contributed by atoms with van der Waals surface area (Å²) in [5, 5.41) is 0. The first kappa shape index (κ1) is 11.3. The molecule has 0 aromatic carbocycles. The second kappa shape index (κ2) is 3.98. The summed E-state index contributed by atoms with van der Waals surface area (Å²) in [6.07, 6.45) is -0.362. The van der Waals surface area contributed by atoms with Crippen molar-refractivity contribution in [2.75, 3.05) is 19.7 Å². The van der Waals surface area contributed by atoms with Crippen LogP contribution in [0, 0.1) is 5.92 Å². The monoisotopic (exact) mass is 219 g/mol. The van der Waals surface area contributed by atoms with Crippen molar-refractivity contribution in [1.29, 1.82) is 0 Å². The van der Waals surface area contributed by atoms with Gasteiger partial charge in [-0.15, -0.1) is 0 Å². The van der Waals surface area contributed by atoms with Crippen molar-refractivity contribution in [3.63, 3.8) is 0 Å². The molecule has 0 radical (unpaired) electrons. The molecule has 2 rings (SSSR count). The Labute approximate surface area is 89.6 Å². The molecule has 2 heterocycles. The van der Waals surface area contributed by atoms with Crippen LogP contribution in [0.4, 0.5) is 8.78 Å². The second-order valence-corrected chi connectivity index (χ2v) is 5.08. The highest BCUT2D eigenvalue weighted by atomic mass is 19.3. The average molecular weight is 219 g/mol. The smallest absolute Gasteiger partial charge is 0.242 e. The minimum atomic E-state index is -2.17. The fourth-order valence-corrected chi connectivity index (χ4v) is 2.65. The lowest BCUT2D eigenvalue weighted by atomic mass is 9.84. The molecule has 2 fully saturated rings. The van der Waals surface area contributed by atoms with E-state index in [2.05, 4.69) is 4.90 Å². The highest BCUT2D eigenvalue weighted by Crippen LogP contribution is 2.45. The molecule has 0 bridgehead atoms. The van der Waals surface area contributed by atoms with Gasteiger partial charge in [-0.3, -0.25) is 4.90 Å². The summed E-state index contributed by atoms with van der Waals surface area (Å²) in [5.74, 6) is -0.441. The van der Waals surface area contributed by atoms with E-state index >= 15 is 0 Å². The van der Waals surface area contributed by atoms with E-state index in [-0.39, 0.29) is 11.6 Å². The predicted octanol–water partition coefficient (Wildman–Crippen LogP) is 2.14. The van der Waals surface area contributed by atoms with Gasteiger partial charge in [0.1, 0.15) is 0 Å². The molecule has 0 saturated carbocycles. The third-order valence-electron chi connectivity index (χ3n) is 3.66. The van der Waals surface area contributed by atoms with Gasteiger partial charge in [-0.1, -0.05) is 0 Å². The van der Waals surface area contributed by atoms with Gasteiger partial charge in [0, 0.05) is 24.5 Å². The van der Waals surface area contributed by atoms with E-state index in [1.54, 1.807) is 0 Å². The van der Waals surface area contributed by atoms with Crippen LogP contribution in [0.2, 0.25) is 0 Å². The van der Waals surface area contributed by atoms with Crippen molar-refractivity contribution in [3.8, 4) is 0 Å². The Morgan fingerprint density at radius 1 is 1.47 bits per heavy atom. The van der Waals surface area contributed by atoms with E-state index in [0.29, 0.717) is 19.6 Å². The average Bonchev–Trinajstić information content (AvgIpc) is 2.37. The number of hydrogen-bond acceptors (Lipinski definition) is 2. The summed E-state index contributed by atoms with van der Waals surface area (Å²) in [5.41, 5.74) is -0.0502. The van der Waals surface area contributed by atoms with Crippen LogP contribution >= 0.6 is 0 Å². The Bertz CT molecular complexity index is 235. The lowest BCUT2D eigenvalue weighted by molar-refractivity contribution is -0.0648. The van der Waals surface area contributed by atoms with Crippen molar-refractivity contribution in [1.82, 2.24) is 4.90 Å². The van der Waals surface area contributed by atoms with Gasteiger partial charge in [0.05, 0.1) is 12.7 Å². The van der Waals surface area contributed by atoms with E-state index in [1.807, 2.05) is 13.8 Å². The molecule has 2 aliphatic rings. The maximum Gasteiger partial charge on any atom is 0.242 e. The van der Waals surface area contributed by atoms with Crippen molar-refractivity contribution < 1.29 is 13.5 Å². The van der Waals surface area contributed by atoms with Gasteiger partial charge in [-0.25, -0.2) is 8.78 Å². The van der Waals surface area contributed by atoms with Crippen molar-refractivity contribution >= 4 is 0 Å². The van der Waals surface area contributed by atoms with Crippen LogP contribution in [-0.2, 0) is 4.74 Å². The number of hydrogen-bond donors (Lipinski definition) is 0. The van der Waals surface area contributed by atoms with E-state index < -0.39 is 12.3 Å². The third-order valence-corrected chi connectivity index (χ3v) is 3.66. The Kier molecular flexibility index (Phi) is 2.99. The van der Waals surface area contributed by atoms with Crippen LogP contribution in [0.25, 0.3) is 0 Å². The molecular formula is C11H19F2NO. The number of nitrogens with zero attached hydrogens (tertiary/aromatic N) is 1. The molecule has 0 spiro atoms. The largest absolute Gasteiger partial charge is 0.377 e. The number of rotatable bonds is 4. The Morgan fingerprint density at radius 3 is 2.67 bits per heavy atom. The fourth-order valence-electron chi connectivity index (χ4n) is 2.65. The third kappa shape index (κ3) is 2.02. The molecule has 15 heavy (non-hydrogen) atoms. The lowest BCUT2D eigenvalue weighted by Gasteiger charge is -2.48. The summed E-state index contributed by atoms with van der Waals surface area (Å²) in [4.78, 5) is 2.17. The molecule has 0 unspecified atom stereocenters. The quantitative estimate of drug-likeness (QED) is 0.718. The molecule has 0 aliphatic carbocycles. The molecule has 2 aliphatic heterocycles. The van der Waals surface area contributed by atoms with Gasteiger partial charge in [0.2, 0.25) is 6.43 Å².